The molecule has 0 aliphatic carbocycles. The summed E-state index contributed by atoms with van der Waals surface area (Å²) in [6.45, 7) is 0. The molecule has 0 saturated heterocycles. The molecule has 0 saturated carbocycles. The van der Waals surface area contributed by atoms with E-state index in [1.54, 1.807) is 0 Å². The molecule has 1 rings (SSSR count). The molecule has 7 nitrogen and oxygen atoms in total. The van der Waals surface area contributed by atoms with Gasteiger partial charge in [0.05, 0.1) is 11.3 Å². The molecule has 86 valence electrons. The van der Waals surface area contributed by atoms with E-state index >= 15 is 0 Å². The van der Waals surface area contributed by atoms with Gasteiger partial charge < -0.3 is 15.9 Å². The Morgan fingerprint density at radius 1 is 1.56 bits per heavy atom. The summed E-state index contributed by atoms with van der Waals surface area (Å²) >= 11 is 0. The zero-order chi connectivity index (χ0) is 12.3. The lowest BCUT2D eigenvalue weighted by atomic mass is 10.0. The first-order valence-electron chi connectivity index (χ1n) is 4.36. The van der Waals surface area contributed by atoms with Crippen LogP contribution < -0.4 is 5.73 Å². The number of rotatable bonds is 4. The summed E-state index contributed by atoms with van der Waals surface area (Å²) < 4.78 is 0. The molecule has 1 atom stereocenters. The molecule has 0 amide bonds. The average Bonchev–Trinajstić information content (AvgIpc) is 2.16. The van der Waals surface area contributed by atoms with Crippen molar-refractivity contribution >= 4 is 11.7 Å². The van der Waals surface area contributed by atoms with E-state index in [9.17, 15) is 20.0 Å². The Bertz CT molecular complexity index is 432. The molecular weight excluding hydrogens is 216 g/mol. The van der Waals surface area contributed by atoms with Crippen LogP contribution in [0.5, 0.6) is 5.75 Å². The quantitative estimate of drug-likeness (QED) is 0.514. The van der Waals surface area contributed by atoms with Gasteiger partial charge in [-0.1, -0.05) is 6.07 Å². The molecule has 0 unspecified atom stereocenters. The number of nitro benzene ring substituents is 1. The van der Waals surface area contributed by atoms with Crippen molar-refractivity contribution in [3.05, 3.63) is 33.9 Å². The van der Waals surface area contributed by atoms with Crippen LogP contribution in [0.3, 0.4) is 0 Å². The molecule has 16 heavy (non-hydrogen) atoms. The number of aliphatic carboxylic acids is 1. The predicted octanol–water partition coefficient (Wildman–Crippen LogP) is 0.775. The number of phenolic OH excluding ortho intramolecular Hbond substituents is 1. The summed E-state index contributed by atoms with van der Waals surface area (Å²) in [6.07, 6.45) is -0.331. The summed E-state index contributed by atoms with van der Waals surface area (Å²) in [5.74, 6) is -1.57. The molecule has 4 N–H and O–H groups in total. The van der Waals surface area contributed by atoms with Gasteiger partial charge in [0.15, 0.2) is 5.75 Å². The number of nitrogens with zero attached hydrogens (tertiary/aromatic N) is 1. The lowest BCUT2D eigenvalue weighted by molar-refractivity contribution is -0.385. The number of hydrogen-bond acceptors (Lipinski definition) is 5. The Hall–Kier alpha value is -2.15. The van der Waals surface area contributed by atoms with E-state index in [-0.39, 0.29) is 6.42 Å². The van der Waals surface area contributed by atoms with Gasteiger partial charge in [0, 0.05) is 12.1 Å². The first-order chi connectivity index (χ1) is 7.41. The second-order valence-electron chi connectivity index (χ2n) is 3.21. The molecule has 0 radical (unpaired) electrons. The minimum Gasteiger partial charge on any atom is -0.502 e. The van der Waals surface area contributed by atoms with Crippen molar-refractivity contribution in [2.45, 2.75) is 12.5 Å². The van der Waals surface area contributed by atoms with Gasteiger partial charge in [0.1, 0.15) is 0 Å². The summed E-state index contributed by atoms with van der Waals surface area (Å²) in [5, 5.41) is 28.2. The number of hydrogen-bond donors (Lipinski definition) is 3. The lowest BCUT2D eigenvalue weighted by Gasteiger charge is -2.09. The summed E-state index contributed by atoms with van der Waals surface area (Å²) in [6, 6.07) is 2.71. The molecule has 7 heteroatoms. The fourth-order valence-electron chi connectivity index (χ4n) is 1.22. The topological polar surface area (TPSA) is 127 Å². The number of carboxylic acid groups (broad SMARTS) is 1. The fourth-order valence-corrected chi connectivity index (χ4v) is 1.22. The van der Waals surface area contributed by atoms with Crippen LogP contribution in [0.2, 0.25) is 0 Å². The van der Waals surface area contributed by atoms with E-state index in [0.717, 1.165) is 12.1 Å². The van der Waals surface area contributed by atoms with E-state index in [4.69, 9.17) is 10.8 Å². The number of nitro groups is 1. The number of carboxylic acids is 1. The van der Waals surface area contributed by atoms with Crippen molar-refractivity contribution in [1.29, 1.82) is 0 Å². The van der Waals surface area contributed by atoms with E-state index < -0.39 is 28.4 Å². The third-order valence-corrected chi connectivity index (χ3v) is 2.02. The standard InChI is InChI=1S/C9H10N2O5/c10-6(4-9(13)14)5-1-2-8(12)7(3-5)11(15)16/h1-3,6,12H,4,10H2,(H,13,14)/t6-/m1/s1. The third-order valence-electron chi connectivity index (χ3n) is 2.02. The largest absolute Gasteiger partial charge is 0.502 e. The molecule has 1 aromatic rings. The lowest BCUT2D eigenvalue weighted by Crippen LogP contribution is -2.15. The number of benzene rings is 1. The molecule has 0 aliphatic heterocycles. The van der Waals surface area contributed by atoms with Crippen LogP contribution in [0.25, 0.3) is 0 Å². The molecular formula is C9H10N2O5. The van der Waals surface area contributed by atoms with Crippen molar-refractivity contribution < 1.29 is 19.9 Å². The maximum Gasteiger partial charge on any atom is 0.311 e. The maximum absolute atomic E-state index is 10.5. The van der Waals surface area contributed by atoms with Crippen LogP contribution in [0, 0.1) is 10.1 Å². The highest BCUT2D eigenvalue weighted by atomic mass is 16.6. The van der Waals surface area contributed by atoms with Gasteiger partial charge in [-0.25, -0.2) is 0 Å². The number of aromatic hydroxyl groups is 1. The summed E-state index contributed by atoms with van der Waals surface area (Å²) in [4.78, 5) is 20.2. The Morgan fingerprint density at radius 3 is 2.69 bits per heavy atom. The monoisotopic (exact) mass is 226 g/mol. The molecule has 0 aromatic heterocycles. The average molecular weight is 226 g/mol. The smallest absolute Gasteiger partial charge is 0.311 e. The summed E-state index contributed by atoms with van der Waals surface area (Å²) in [7, 11) is 0. The molecule has 0 fully saturated rings. The van der Waals surface area contributed by atoms with Crippen LogP contribution >= 0.6 is 0 Å². The van der Waals surface area contributed by atoms with E-state index in [2.05, 4.69) is 0 Å². The van der Waals surface area contributed by atoms with Gasteiger partial charge in [-0.05, 0) is 11.6 Å². The van der Waals surface area contributed by atoms with Gasteiger partial charge in [0.25, 0.3) is 0 Å². The Labute approximate surface area is 90.3 Å². The highest BCUT2D eigenvalue weighted by molar-refractivity contribution is 5.68. The molecule has 0 spiro atoms. The SMILES string of the molecule is N[C@H](CC(=O)O)c1ccc(O)c([N+](=O)[O-])c1. The molecule has 0 heterocycles. The Balaban J connectivity index is 3.02. The first kappa shape index (κ1) is 11.9. The first-order valence-corrected chi connectivity index (χ1v) is 4.36. The molecule has 0 bridgehead atoms. The second kappa shape index (κ2) is 4.58. The predicted molar refractivity (Wildman–Crippen MR) is 53.9 cm³/mol. The minimum absolute atomic E-state index is 0.298. The third kappa shape index (κ3) is 2.67. The number of nitrogens with two attached hydrogens (primary N) is 1. The van der Waals surface area contributed by atoms with Gasteiger partial charge in [-0.2, -0.15) is 0 Å². The molecule has 0 aliphatic rings. The second-order valence-corrected chi connectivity index (χ2v) is 3.21. The summed E-state index contributed by atoms with van der Waals surface area (Å²) in [5.41, 5.74) is 5.34. The van der Waals surface area contributed by atoms with Crippen molar-refractivity contribution in [1.82, 2.24) is 0 Å². The molecule has 1 aromatic carbocycles. The van der Waals surface area contributed by atoms with Crippen molar-refractivity contribution in [2.75, 3.05) is 0 Å². The van der Waals surface area contributed by atoms with Crippen molar-refractivity contribution in [3.8, 4) is 5.75 Å². The van der Waals surface area contributed by atoms with Gasteiger partial charge in [0.2, 0.25) is 0 Å². The Kier molecular flexibility index (Phi) is 3.41. The van der Waals surface area contributed by atoms with E-state index in [0.29, 0.717) is 5.56 Å². The van der Waals surface area contributed by atoms with Crippen molar-refractivity contribution in [3.63, 3.8) is 0 Å². The zero-order valence-corrected chi connectivity index (χ0v) is 8.16. The number of phenols is 1. The zero-order valence-electron chi connectivity index (χ0n) is 8.16. The van der Waals surface area contributed by atoms with Crippen molar-refractivity contribution in [2.24, 2.45) is 5.73 Å². The van der Waals surface area contributed by atoms with E-state index in [1.165, 1.54) is 6.07 Å². The fraction of sp³-hybridized carbons (Fsp3) is 0.222. The van der Waals surface area contributed by atoms with Crippen LogP contribution in [0.4, 0.5) is 5.69 Å². The van der Waals surface area contributed by atoms with Crippen LogP contribution in [0.1, 0.15) is 18.0 Å². The van der Waals surface area contributed by atoms with Crippen LogP contribution in [-0.4, -0.2) is 21.1 Å². The normalized spacial score (nSPS) is 12.1. The van der Waals surface area contributed by atoms with Crippen LogP contribution in [-0.2, 0) is 4.79 Å². The Morgan fingerprint density at radius 2 is 2.19 bits per heavy atom. The highest BCUT2D eigenvalue weighted by Gasteiger charge is 2.17. The highest BCUT2D eigenvalue weighted by Crippen LogP contribution is 2.28. The van der Waals surface area contributed by atoms with Gasteiger partial charge in [-0.15, -0.1) is 0 Å². The minimum atomic E-state index is -1.09. The van der Waals surface area contributed by atoms with Gasteiger partial charge >= 0.3 is 11.7 Å². The van der Waals surface area contributed by atoms with Gasteiger partial charge in [-0.3, -0.25) is 14.9 Å². The maximum atomic E-state index is 10.5. The van der Waals surface area contributed by atoms with E-state index in [1.807, 2.05) is 0 Å². The van der Waals surface area contributed by atoms with Crippen LogP contribution in [0.15, 0.2) is 18.2 Å². The number of carbonyl (C=O) groups is 1.